The van der Waals surface area contributed by atoms with Crippen molar-refractivity contribution in [3.05, 3.63) is 29.8 Å². The molecule has 0 saturated carbocycles. The van der Waals surface area contributed by atoms with E-state index in [2.05, 4.69) is 12.6 Å². The highest BCUT2D eigenvalue weighted by atomic mass is 32.2. The summed E-state index contributed by atoms with van der Waals surface area (Å²) in [6, 6.07) is 5.91. The molecule has 0 heterocycles. The average Bonchev–Trinajstić information content (AvgIpc) is 3.00. The predicted molar refractivity (Wildman–Crippen MR) is 185 cm³/mol. The summed E-state index contributed by atoms with van der Waals surface area (Å²) in [5, 5.41) is -1.31. The Labute approximate surface area is 292 Å². The number of benzene rings is 1. The number of hydrogen-bond acceptors (Lipinski definition) is 15. The number of hydrogen-bond donors (Lipinski definition) is 1. The van der Waals surface area contributed by atoms with Gasteiger partial charge in [-0.1, -0.05) is 47.4 Å². The van der Waals surface area contributed by atoms with E-state index in [-0.39, 0.29) is 88.3 Å². The second kappa shape index (κ2) is 22.0. The van der Waals surface area contributed by atoms with Crippen LogP contribution in [0.25, 0.3) is 0 Å². The Kier molecular flexibility index (Phi) is 19.8. The lowest BCUT2D eigenvalue weighted by Crippen LogP contribution is -2.27. The number of carbonyl (C=O) groups excluding carboxylic acids is 9. The lowest BCUT2D eigenvalue weighted by Gasteiger charge is -2.18. The fourth-order valence-electron chi connectivity index (χ4n) is 4.18. The van der Waals surface area contributed by atoms with Crippen LogP contribution in [0.3, 0.4) is 0 Å². The Morgan fingerprint density at radius 2 is 1.04 bits per heavy atom. The molecule has 4 atom stereocenters. The third kappa shape index (κ3) is 16.3. The number of thiol groups is 1. The zero-order valence-electron chi connectivity index (χ0n) is 26.9. The van der Waals surface area contributed by atoms with Gasteiger partial charge in [0.15, 0.2) is 10.2 Å². The van der Waals surface area contributed by atoms with Crippen LogP contribution in [0.1, 0.15) is 63.7 Å². The normalized spacial score (nSPS) is 13.4. The molecular formula is C32H40O11S4. The van der Waals surface area contributed by atoms with Crippen molar-refractivity contribution in [2.24, 2.45) is 23.7 Å². The van der Waals surface area contributed by atoms with Gasteiger partial charge in [-0.05, 0) is 39.8 Å². The summed E-state index contributed by atoms with van der Waals surface area (Å²) in [5.41, 5.74) is 0.0154. The maximum absolute atomic E-state index is 13.3. The summed E-state index contributed by atoms with van der Waals surface area (Å²) < 4.78 is 10.3. The maximum Gasteiger partial charge on any atom is 0.315 e. The second-order valence-corrected chi connectivity index (χ2v) is 14.3. The zero-order valence-corrected chi connectivity index (χ0v) is 30.3. The molecule has 1 aromatic carbocycles. The zero-order chi connectivity index (χ0) is 35.7. The van der Waals surface area contributed by atoms with E-state index in [1.54, 1.807) is 12.1 Å². The van der Waals surface area contributed by atoms with Gasteiger partial charge in [0.1, 0.15) is 28.9 Å². The van der Waals surface area contributed by atoms with Crippen LogP contribution < -0.4 is 4.74 Å². The summed E-state index contributed by atoms with van der Waals surface area (Å²) in [4.78, 5) is 111. The lowest BCUT2D eigenvalue weighted by atomic mass is 10.1. The van der Waals surface area contributed by atoms with Crippen molar-refractivity contribution in [2.45, 2.75) is 53.4 Å². The van der Waals surface area contributed by atoms with Crippen molar-refractivity contribution >= 4 is 98.3 Å². The van der Waals surface area contributed by atoms with Crippen LogP contribution in [-0.4, -0.2) is 80.5 Å². The molecule has 1 aromatic rings. The van der Waals surface area contributed by atoms with E-state index in [9.17, 15) is 43.2 Å². The van der Waals surface area contributed by atoms with E-state index >= 15 is 0 Å². The summed E-state index contributed by atoms with van der Waals surface area (Å²) in [7, 11) is 1.18. The quantitative estimate of drug-likeness (QED) is 0.107. The highest BCUT2D eigenvalue weighted by molar-refractivity contribution is 8.15. The monoisotopic (exact) mass is 728 g/mol. The molecule has 0 aliphatic rings. The largest absolute Gasteiger partial charge is 0.469 e. The van der Waals surface area contributed by atoms with E-state index in [0.29, 0.717) is 0 Å². The predicted octanol–water partition coefficient (Wildman–Crippen LogP) is 4.47. The molecule has 15 heteroatoms. The van der Waals surface area contributed by atoms with Gasteiger partial charge in [-0.3, -0.25) is 24.0 Å². The number of methoxy groups -OCH3 is 1. The topological polar surface area (TPSA) is 172 Å². The van der Waals surface area contributed by atoms with Crippen molar-refractivity contribution in [2.75, 3.05) is 30.1 Å². The van der Waals surface area contributed by atoms with Crippen molar-refractivity contribution in [3.63, 3.8) is 0 Å². The van der Waals surface area contributed by atoms with Crippen LogP contribution >= 0.6 is 47.9 Å². The van der Waals surface area contributed by atoms with Crippen LogP contribution in [-0.2, 0) is 43.1 Å². The first-order valence-electron chi connectivity index (χ1n) is 14.6. The van der Waals surface area contributed by atoms with Gasteiger partial charge >= 0.3 is 11.9 Å². The molecule has 0 saturated heterocycles. The fourth-order valence-corrected chi connectivity index (χ4v) is 7.69. The Hall–Kier alpha value is -2.75. The van der Waals surface area contributed by atoms with Crippen molar-refractivity contribution < 1.29 is 52.6 Å². The molecule has 4 unspecified atom stereocenters. The van der Waals surface area contributed by atoms with Crippen LogP contribution in [0, 0.1) is 23.7 Å². The van der Waals surface area contributed by atoms with Crippen LogP contribution in [0.4, 0.5) is 0 Å². The van der Waals surface area contributed by atoms with Gasteiger partial charge < -0.3 is 28.7 Å². The first-order chi connectivity index (χ1) is 22.1. The third-order valence-electron chi connectivity index (χ3n) is 6.48. The van der Waals surface area contributed by atoms with Gasteiger partial charge in [0.25, 0.3) is 0 Å². The summed E-state index contributed by atoms with van der Waals surface area (Å²) in [6.45, 7) is 5.29. The Morgan fingerprint density at radius 1 is 0.617 bits per heavy atom. The van der Waals surface area contributed by atoms with Crippen molar-refractivity contribution in [3.8, 4) is 5.75 Å². The Bertz CT molecular complexity index is 1340. The van der Waals surface area contributed by atoms with Gasteiger partial charge in [0.05, 0.1) is 24.5 Å². The molecule has 0 fully saturated rings. The summed E-state index contributed by atoms with van der Waals surface area (Å²) in [6.07, 6.45) is -0.457. The third-order valence-corrected chi connectivity index (χ3v) is 10.3. The van der Waals surface area contributed by atoms with E-state index < -0.39 is 45.8 Å². The molecular weight excluding hydrogens is 689 g/mol. The molecule has 0 aliphatic heterocycles. The average molecular weight is 729 g/mol. The number of para-hydroxylation sites is 1. The molecule has 0 radical (unpaired) electrons. The molecule has 47 heavy (non-hydrogen) atoms. The molecule has 11 nitrogen and oxygen atoms in total. The van der Waals surface area contributed by atoms with E-state index in [4.69, 9.17) is 9.47 Å². The molecule has 0 aliphatic carbocycles. The first kappa shape index (κ1) is 42.3. The number of Topliss-reactive ketones (excluding diaryl/α,β-unsaturated/α-hetero) is 4. The number of ketones is 4. The van der Waals surface area contributed by atoms with Crippen LogP contribution in [0.15, 0.2) is 24.3 Å². The van der Waals surface area contributed by atoms with Crippen LogP contribution in [0.5, 0.6) is 5.75 Å². The van der Waals surface area contributed by atoms with Gasteiger partial charge in [0, 0.05) is 60.5 Å². The summed E-state index contributed by atoms with van der Waals surface area (Å²) >= 11 is 6.48. The number of esters is 2. The van der Waals surface area contributed by atoms with E-state index in [1.807, 2.05) is 0 Å². The van der Waals surface area contributed by atoms with E-state index in [0.717, 1.165) is 35.3 Å². The lowest BCUT2D eigenvalue weighted by molar-refractivity contribution is -0.146. The number of thioether (sulfide) groups is 3. The number of carbonyl (C=O) groups is 9. The Balaban J connectivity index is 3.03. The Morgan fingerprint density at radius 3 is 1.53 bits per heavy atom. The molecule has 0 aromatic heterocycles. The van der Waals surface area contributed by atoms with Crippen molar-refractivity contribution in [1.82, 2.24) is 0 Å². The minimum absolute atomic E-state index is 0.00967. The molecule has 258 valence electrons. The molecule has 0 amide bonds. The van der Waals surface area contributed by atoms with Gasteiger partial charge in [-0.25, -0.2) is 0 Å². The molecule has 0 bridgehead atoms. The minimum atomic E-state index is -1.01. The molecule has 0 spiro atoms. The summed E-state index contributed by atoms with van der Waals surface area (Å²) in [5.74, 6) is -5.99. The minimum Gasteiger partial charge on any atom is -0.469 e. The molecule has 0 N–H and O–H groups in total. The van der Waals surface area contributed by atoms with E-state index in [1.165, 1.54) is 46.9 Å². The smallest absolute Gasteiger partial charge is 0.315 e. The fraction of sp³-hybridized carbons (Fsp3) is 0.531. The van der Waals surface area contributed by atoms with Crippen LogP contribution in [0.2, 0.25) is 0 Å². The van der Waals surface area contributed by atoms with Gasteiger partial charge in [-0.15, -0.1) is 0 Å². The molecule has 1 rings (SSSR count). The second-order valence-electron chi connectivity index (χ2n) is 10.9. The highest BCUT2D eigenvalue weighted by Crippen LogP contribution is 2.29. The first-order valence-corrected chi connectivity index (χ1v) is 18.2. The van der Waals surface area contributed by atoms with Gasteiger partial charge in [-0.2, -0.15) is 12.6 Å². The number of rotatable bonds is 21. The standard InChI is InChI=1S/C32H40O11S4/c1-18(33)10-22(14-44)30(39)45-16-24(12-20(3)35)29(38)43-27-9-7-6-8-26(27)32(41)47-17-25(13-21(4)36)31(40)46-15-23(11-19(2)34)28(37)42-5/h6-9,22-25,44H,10-17H2,1-5H3. The van der Waals surface area contributed by atoms with Gasteiger partial charge in [0.2, 0.25) is 5.12 Å². The van der Waals surface area contributed by atoms with Crippen molar-refractivity contribution in [1.29, 1.82) is 0 Å². The number of ether oxygens (including phenoxy) is 2. The SMILES string of the molecule is COC(=O)C(CSC(=O)C(CSC(=O)c1ccccc1OC(=O)C(CSC(=O)C(CS)CC(C)=O)CC(C)=O)CC(C)=O)CC(C)=O. The maximum atomic E-state index is 13.3. The highest BCUT2D eigenvalue weighted by Gasteiger charge is 2.30.